The van der Waals surface area contributed by atoms with E-state index < -0.39 is 0 Å². The number of hydrogen-bond acceptors (Lipinski definition) is 2. The van der Waals surface area contributed by atoms with E-state index in [0.29, 0.717) is 5.92 Å². The number of rotatable bonds is 5. The molecular weight excluding hydrogens is 248 g/mol. The summed E-state index contributed by atoms with van der Waals surface area (Å²) in [5.74, 6) is 0.791. The van der Waals surface area contributed by atoms with E-state index in [1.807, 2.05) is 36.1 Å². The van der Waals surface area contributed by atoms with Crippen LogP contribution in [0.25, 0.3) is 0 Å². The van der Waals surface area contributed by atoms with Gasteiger partial charge >= 0.3 is 0 Å². The van der Waals surface area contributed by atoms with Gasteiger partial charge < -0.3 is 10.2 Å². The number of aryl methyl sites for hydroxylation is 1. The van der Waals surface area contributed by atoms with Crippen LogP contribution < -0.4 is 5.32 Å². The number of benzene rings is 1. The number of nitrogens with zero attached hydrogens (tertiary/aromatic N) is 1. The molecule has 1 aromatic rings. The Kier molecular flexibility index (Phi) is 5.60. The third-order valence-electron chi connectivity index (χ3n) is 4.03. The molecule has 110 valence electrons. The third kappa shape index (κ3) is 3.83. The summed E-state index contributed by atoms with van der Waals surface area (Å²) in [4.78, 5) is 14.8. The van der Waals surface area contributed by atoms with E-state index >= 15 is 0 Å². The van der Waals surface area contributed by atoms with Crippen LogP contribution in [0.5, 0.6) is 0 Å². The summed E-state index contributed by atoms with van der Waals surface area (Å²) in [5.41, 5.74) is 1.92. The number of amides is 1. The SMILES string of the molecule is CCCN(CC1CCCNC1)C(=O)c1ccccc1C. The zero-order chi connectivity index (χ0) is 14.4. The molecule has 1 unspecified atom stereocenters. The van der Waals surface area contributed by atoms with Crippen molar-refractivity contribution in [2.45, 2.75) is 33.1 Å². The first-order valence-electron chi connectivity index (χ1n) is 7.78. The monoisotopic (exact) mass is 274 g/mol. The number of piperidine rings is 1. The van der Waals surface area contributed by atoms with Crippen molar-refractivity contribution < 1.29 is 4.79 Å². The minimum absolute atomic E-state index is 0.190. The molecule has 0 aromatic heterocycles. The highest BCUT2D eigenvalue weighted by molar-refractivity contribution is 5.95. The molecule has 1 amide bonds. The van der Waals surface area contributed by atoms with Gasteiger partial charge in [-0.05, 0) is 56.8 Å². The topological polar surface area (TPSA) is 32.3 Å². The quantitative estimate of drug-likeness (QED) is 0.895. The lowest BCUT2D eigenvalue weighted by atomic mass is 9.98. The maximum Gasteiger partial charge on any atom is 0.254 e. The Bertz CT molecular complexity index is 438. The van der Waals surface area contributed by atoms with Crippen LogP contribution in [0.1, 0.15) is 42.1 Å². The predicted molar refractivity (Wildman–Crippen MR) is 83.0 cm³/mol. The molecule has 3 heteroatoms. The second kappa shape index (κ2) is 7.44. The second-order valence-electron chi connectivity index (χ2n) is 5.78. The van der Waals surface area contributed by atoms with E-state index in [9.17, 15) is 4.79 Å². The lowest BCUT2D eigenvalue weighted by molar-refractivity contribution is 0.0718. The highest BCUT2D eigenvalue weighted by Gasteiger charge is 2.21. The van der Waals surface area contributed by atoms with Crippen LogP contribution in [0.15, 0.2) is 24.3 Å². The molecule has 1 saturated heterocycles. The van der Waals surface area contributed by atoms with Gasteiger partial charge in [-0.2, -0.15) is 0 Å². The standard InChI is InChI=1S/C17H26N2O/c1-3-11-19(13-15-8-6-10-18-12-15)17(20)16-9-5-4-7-14(16)2/h4-5,7,9,15,18H,3,6,8,10-13H2,1-2H3. The minimum Gasteiger partial charge on any atom is -0.338 e. The Morgan fingerprint density at radius 3 is 2.85 bits per heavy atom. The van der Waals surface area contributed by atoms with E-state index in [-0.39, 0.29) is 5.91 Å². The van der Waals surface area contributed by atoms with Crippen LogP contribution >= 0.6 is 0 Å². The Morgan fingerprint density at radius 1 is 1.40 bits per heavy atom. The molecule has 1 N–H and O–H groups in total. The first kappa shape index (κ1) is 15.0. The molecule has 0 saturated carbocycles. The lowest BCUT2D eigenvalue weighted by Gasteiger charge is -2.30. The van der Waals surface area contributed by atoms with Crippen molar-refractivity contribution >= 4 is 5.91 Å². The molecule has 1 fully saturated rings. The van der Waals surface area contributed by atoms with Crippen LogP contribution in [0.4, 0.5) is 0 Å². The zero-order valence-corrected chi connectivity index (χ0v) is 12.7. The van der Waals surface area contributed by atoms with Gasteiger partial charge in [0.25, 0.3) is 5.91 Å². The fourth-order valence-corrected chi connectivity index (χ4v) is 2.92. The van der Waals surface area contributed by atoms with Gasteiger partial charge in [0.05, 0.1) is 0 Å². The van der Waals surface area contributed by atoms with Crippen molar-refractivity contribution in [1.82, 2.24) is 10.2 Å². The Labute approximate surface area is 122 Å². The van der Waals surface area contributed by atoms with E-state index in [1.165, 1.54) is 12.8 Å². The van der Waals surface area contributed by atoms with Gasteiger partial charge in [-0.15, -0.1) is 0 Å². The molecule has 1 heterocycles. The molecule has 20 heavy (non-hydrogen) atoms. The summed E-state index contributed by atoms with van der Waals surface area (Å²) in [6.45, 7) is 8.05. The van der Waals surface area contributed by atoms with Crippen LogP contribution in [0, 0.1) is 12.8 Å². The van der Waals surface area contributed by atoms with Crippen LogP contribution in [-0.2, 0) is 0 Å². The maximum atomic E-state index is 12.7. The number of nitrogens with one attached hydrogen (secondary N) is 1. The lowest BCUT2D eigenvalue weighted by Crippen LogP contribution is -2.41. The van der Waals surface area contributed by atoms with Gasteiger partial charge in [-0.3, -0.25) is 4.79 Å². The zero-order valence-electron chi connectivity index (χ0n) is 12.7. The summed E-state index contributed by atoms with van der Waals surface area (Å²) >= 11 is 0. The number of hydrogen-bond donors (Lipinski definition) is 1. The highest BCUT2D eigenvalue weighted by Crippen LogP contribution is 2.16. The Morgan fingerprint density at radius 2 is 2.20 bits per heavy atom. The minimum atomic E-state index is 0.190. The fraction of sp³-hybridized carbons (Fsp3) is 0.588. The number of carbonyl (C=O) groups excluding carboxylic acids is 1. The molecule has 1 aromatic carbocycles. The molecule has 0 radical (unpaired) electrons. The van der Waals surface area contributed by atoms with Gasteiger partial charge in [0.2, 0.25) is 0 Å². The molecular formula is C17H26N2O. The van der Waals surface area contributed by atoms with Crippen molar-refractivity contribution in [2.75, 3.05) is 26.2 Å². The summed E-state index contributed by atoms with van der Waals surface area (Å²) in [6, 6.07) is 7.90. The van der Waals surface area contributed by atoms with Crippen LogP contribution in [0.2, 0.25) is 0 Å². The second-order valence-corrected chi connectivity index (χ2v) is 5.78. The van der Waals surface area contributed by atoms with Gasteiger partial charge in [0.1, 0.15) is 0 Å². The maximum absolute atomic E-state index is 12.7. The van der Waals surface area contributed by atoms with Crippen molar-refractivity contribution in [3.63, 3.8) is 0 Å². The summed E-state index contributed by atoms with van der Waals surface area (Å²) in [6.07, 6.45) is 3.47. The smallest absolute Gasteiger partial charge is 0.254 e. The predicted octanol–water partition coefficient (Wildman–Crippen LogP) is 2.85. The van der Waals surface area contributed by atoms with E-state index in [4.69, 9.17) is 0 Å². The van der Waals surface area contributed by atoms with Crippen LogP contribution in [0.3, 0.4) is 0 Å². The van der Waals surface area contributed by atoms with Gasteiger partial charge in [0.15, 0.2) is 0 Å². The average Bonchev–Trinajstić information content (AvgIpc) is 2.48. The molecule has 0 bridgehead atoms. The molecule has 2 rings (SSSR count). The van der Waals surface area contributed by atoms with E-state index in [2.05, 4.69) is 12.2 Å². The number of carbonyl (C=O) groups is 1. The molecule has 1 atom stereocenters. The molecule has 3 nitrogen and oxygen atoms in total. The largest absolute Gasteiger partial charge is 0.338 e. The van der Waals surface area contributed by atoms with Crippen molar-refractivity contribution in [3.05, 3.63) is 35.4 Å². The first-order valence-corrected chi connectivity index (χ1v) is 7.78. The summed E-state index contributed by atoms with van der Waals surface area (Å²) in [5, 5.41) is 3.43. The van der Waals surface area contributed by atoms with Gasteiger partial charge in [0, 0.05) is 18.7 Å². The fourth-order valence-electron chi connectivity index (χ4n) is 2.92. The van der Waals surface area contributed by atoms with Gasteiger partial charge in [-0.25, -0.2) is 0 Å². The average molecular weight is 274 g/mol. The van der Waals surface area contributed by atoms with Crippen molar-refractivity contribution in [1.29, 1.82) is 0 Å². The van der Waals surface area contributed by atoms with Crippen molar-refractivity contribution in [2.24, 2.45) is 5.92 Å². The molecule has 0 spiro atoms. The van der Waals surface area contributed by atoms with Crippen molar-refractivity contribution in [3.8, 4) is 0 Å². The molecule has 1 aliphatic heterocycles. The Balaban J connectivity index is 2.07. The summed E-state index contributed by atoms with van der Waals surface area (Å²) < 4.78 is 0. The van der Waals surface area contributed by atoms with E-state index in [0.717, 1.165) is 43.7 Å². The normalized spacial score (nSPS) is 18.8. The third-order valence-corrected chi connectivity index (χ3v) is 4.03. The first-order chi connectivity index (χ1) is 9.72. The Hall–Kier alpha value is -1.35. The molecule has 0 aliphatic carbocycles. The molecule has 1 aliphatic rings. The van der Waals surface area contributed by atoms with E-state index in [1.54, 1.807) is 0 Å². The van der Waals surface area contributed by atoms with Crippen LogP contribution in [-0.4, -0.2) is 37.0 Å². The summed E-state index contributed by atoms with van der Waals surface area (Å²) in [7, 11) is 0. The highest BCUT2D eigenvalue weighted by atomic mass is 16.2. The van der Waals surface area contributed by atoms with Gasteiger partial charge in [-0.1, -0.05) is 25.1 Å².